The summed E-state index contributed by atoms with van der Waals surface area (Å²) in [4.78, 5) is 20.9. The number of phenols is 1. The van der Waals surface area contributed by atoms with Gasteiger partial charge in [-0.3, -0.25) is 4.79 Å². The number of carboxylic acids is 1. The summed E-state index contributed by atoms with van der Waals surface area (Å²) < 4.78 is 99.9. The molecule has 0 amide bonds. The number of aromatic hydroxyl groups is 1. The fraction of sp³-hybridized carbons (Fsp3) is 0.395. The van der Waals surface area contributed by atoms with E-state index in [0.29, 0.717) is 40.1 Å². The molecule has 4 rings (SSSR count). The van der Waals surface area contributed by atoms with Crippen molar-refractivity contribution in [2.24, 2.45) is 0 Å². The van der Waals surface area contributed by atoms with Crippen LogP contribution in [0.3, 0.4) is 0 Å². The number of aliphatic carboxylic acids is 1. The Labute approximate surface area is 303 Å². The highest BCUT2D eigenvalue weighted by atomic mass is 19.4. The number of ether oxygens (including phenoxy) is 3. The van der Waals surface area contributed by atoms with Crippen molar-refractivity contribution in [1.29, 1.82) is 0 Å². The number of benzene rings is 3. The van der Waals surface area contributed by atoms with Crippen LogP contribution in [0, 0.1) is 0 Å². The van der Waals surface area contributed by atoms with E-state index >= 15 is 0 Å². The standard InChI is InChI=1S/C38H41F6N3O6/c1-21(2)24-12-29(22(3)4)35(50)31(13-24)30-16-33(52-6)32(51-5)14-25(30)20-47(36-45-17-28(18-46-36)53-9-7-8-34(48)49)19-23-10-26(37(39,40)41)15-27(11-23)38(42,43)44/h10-18,21-22,50H,7-9,19-20H2,1-6H3,(H,48,49). The zero-order valence-electron chi connectivity index (χ0n) is 30.0. The lowest BCUT2D eigenvalue weighted by Crippen LogP contribution is -2.25. The highest BCUT2D eigenvalue weighted by Gasteiger charge is 2.37. The molecule has 4 aromatic rings. The SMILES string of the molecule is COc1cc(CN(Cc2cc(C(F)(F)F)cc(C(F)(F)F)c2)c2ncc(OCCCC(=O)O)cn2)c(-c2cc(C(C)C)cc(C(C)C)c2O)cc1OC. The second-order valence-corrected chi connectivity index (χ2v) is 13.0. The number of nitrogens with zero attached hydrogens (tertiary/aromatic N) is 3. The van der Waals surface area contributed by atoms with E-state index in [4.69, 9.17) is 19.3 Å². The molecule has 3 aromatic carbocycles. The number of phenolic OH excluding ortho intramolecular Hbond substituents is 1. The van der Waals surface area contributed by atoms with E-state index in [0.717, 1.165) is 5.56 Å². The molecular weight excluding hydrogens is 708 g/mol. The number of anilines is 1. The van der Waals surface area contributed by atoms with Crippen LogP contribution in [0.4, 0.5) is 32.3 Å². The van der Waals surface area contributed by atoms with Crippen molar-refractivity contribution in [3.8, 4) is 34.1 Å². The molecule has 53 heavy (non-hydrogen) atoms. The summed E-state index contributed by atoms with van der Waals surface area (Å²) in [7, 11) is 2.84. The first-order chi connectivity index (χ1) is 24.8. The zero-order chi connectivity index (χ0) is 39.2. The van der Waals surface area contributed by atoms with E-state index < -0.39 is 36.0 Å². The van der Waals surface area contributed by atoms with Crippen LogP contribution < -0.4 is 19.1 Å². The molecule has 0 unspecified atom stereocenters. The number of alkyl halides is 6. The summed E-state index contributed by atoms with van der Waals surface area (Å²) >= 11 is 0. The Balaban J connectivity index is 1.91. The lowest BCUT2D eigenvalue weighted by Gasteiger charge is -2.27. The monoisotopic (exact) mass is 749 g/mol. The quantitative estimate of drug-likeness (QED) is 0.0906. The molecule has 0 aliphatic carbocycles. The van der Waals surface area contributed by atoms with Crippen molar-refractivity contribution in [2.75, 3.05) is 25.7 Å². The fourth-order valence-corrected chi connectivity index (χ4v) is 5.66. The zero-order valence-corrected chi connectivity index (χ0v) is 30.0. The van der Waals surface area contributed by atoms with E-state index in [-0.39, 0.29) is 72.7 Å². The van der Waals surface area contributed by atoms with Crippen LogP contribution in [-0.4, -0.2) is 47.0 Å². The molecule has 286 valence electrons. The minimum absolute atomic E-state index is 0.00207. The molecule has 2 N–H and O–H groups in total. The topological polar surface area (TPSA) is 114 Å². The maximum atomic E-state index is 13.9. The first kappa shape index (κ1) is 40.6. The Morgan fingerprint density at radius 3 is 1.89 bits per heavy atom. The number of halogens is 6. The molecule has 15 heteroatoms. The van der Waals surface area contributed by atoms with Crippen molar-refractivity contribution < 1.29 is 55.6 Å². The Morgan fingerprint density at radius 2 is 1.38 bits per heavy atom. The number of hydrogen-bond donors (Lipinski definition) is 2. The number of carboxylic acid groups (broad SMARTS) is 1. The summed E-state index contributed by atoms with van der Waals surface area (Å²) in [5.74, 6) is -0.330. The Bertz CT molecular complexity index is 1860. The van der Waals surface area contributed by atoms with Crippen LogP contribution in [0.25, 0.3) is 11.1 Å². The number of methoxy groups -OCH3 is 2. The average molecular weight is 750 g/mol. The largest absolute Gasteiger partial charge is 0.507 e. The average Bonchev–Trinajstić information content (AvgIpc) is 3.08. The van der Waals surface area contributed by atoms with Gasteiger partial charge in [-0.25, -0.2) is 9.97 Å². The van der Waals surface area contributed by atoms with Crippen LogP contribution in [0.15, 0.2) is 54.9 Å². The predicted octanol–water partition coefficient (Wildman–Crippen LogP) is 9.60. The summed E-state index contributed by atoms with van der Waals surface area (Å²) in [6, 6.07) is 8.36. The smallest absolute Gasteiger partial charge is 0.416 e. The van der Waals surface area contributed by atoms with Crippen molar-refractivity contribution >= 4 is 11.9 Å². The summed E-state index contributed by atoms with van der Waals surface area (Å²) in [6.45, 7) is 7.21. The van der Waals surface area contributed by atoms with Gasteiger partial charge in [0.2, 0.25) is 5.95 Å². The number of rotatable bonds is 15. The van der Waals surface area contributed by atoms with Crippen molar-refractivity contribution in [3.63, 3.8) is 0 Å². The molecular formula is C38H41F6N3O6. The second-order valence-electron chi connectivity index (χ2n) is 13.0. The maximum Gasteiger partial charge on any atom is 0.416 e. The highest BCUT2D eigenvalue weighted by molar-refractivity contribution is 5.78. The van der Waals surface area contributed by atoms with Crippen molar-refractivity contribution in [3.05, 3.63) is 88.2 Å². The maximum absolute atomic E-state index is 13.9. The summed E-state index contributed by atoms with van der Waals surface area (Å²) in [5.41, 5.74) is -0.325. The van der Waals surface area contributed by atoms with Gasteiger partial charge in [0.15, 0.2) is 17.2 Å². The van der Waals surface area contributed by atoms with E-state index in [1.54, 1.807) is 12.1 Å². The number of carbonyl (C=O) groups is 1. The van der Waals surface area contributed by atoms with E-state index in [1.807, 2.05) is 39.8 Å². The van der Waals surface area contributed by atoms with Gasteiger partial charge < -0.3 is 29.3 Å². The molecule has 0 bridgehead atoms. The lowest BCUT2D eigenvalue weighted by molar-refractivity contribution is -0.143. The summed E-state index contributed by atoms with van der Waals surface area (Å²) in [6.07, 6.45) is -7.53. The predicted molar refractivity (Wildman–Crippen MR) is 186 cm³/mol. The van der Waals surface area contributed by atoms with Gasteiger partial charge in [-0.15, -0.1) is 0 Å². The molecule has 0 aliphatic rings. The molecule has 0 aliphatic heterocycles. The number of hydrogen-bond acceptors (Lipinski definition) is 8. The molecule has 0 saturated carbocycles. The minimum Gasteiger partial charge on any atom is -0.507 e. The second kappa shape index (κ2) is 16.6. The molecule has 0 spiro atoms. The van der Waals surface area contributed by atoms with Crippen LogP contribution in [0.2, 0.25) is 0 Å². The van der Waals surface area contributed by atoms with Crippen molar-refractivity contribution in [2.45, 2.75) is 77.8 Å². The van der Waals surface area contributed by atoms with E-state index in [9.17, 15) is 36.2 Å². The van der Waals surface area contributed by atoms with Crippen LogP contribution in [0.1, 0.15) is 85.8 Å². The molecule has 0 atom stereocenters. The van der Waals surface area contributed by atoms with Gasteiger partial charge in [0.1, 0.15) is 5.75 Å². The molecule has 1 heterocycles. The minimum atomic E-state index is -5.07. The molecule has 0 fully saturated rings. The third-order valence-electron chi connectivity index (χ3n) is 8.43. The lowest BCUT2D eigenvalue weighted by atomic mass is 9.88. The van der Waals surface area contributed by atoms with E-state index in [2.05, 4.69) is 9.97 Å². The number of aromatic nitrogens is 2. The van der Waals surface area contributed by atoms with Gasteiger partial charge in [-0.05, 0) is 82.5 Å². The molecule has 9 nitrogen and oxygen atoms in total. The van der Waals surface area contributed by atoms with Gasteiger partial charge >= 0.3 is 18.3 Å². The van der Waals surface area contributed by atoms with Crippen LogP contribution in [0.5, 0.6) is 23.0 Å². The van der Waals surface area contributed by atoms with Gasteiger partial charge in [0.05, 0.1) is 44.3 Å². The van der Waals surface area contributed by atoms with Gasteiger partial charge in [-0.2, -0.15) is 26.3 Å². The third kappa shape index (κ3) is 10.2. The molecule has 0 radical (unpaired) electrons. The molecule has 0 saturated heterocycles. The molecule has 1 aromatic heterocycles. The van der Waals surface area contributed by atoms with Gasteiger partial charge in [0.25, 0.3) is 0 Å². The highest BCUT2D eigenvalue weighted by Crippen LogP contribution is 2.44. The normalized spacial score (nSPS) is 12.0. The Hall–Kier alpha value is -5.21. The fourth-order valence-electron chi connectivity index (χ4n) is 5.66. The van der Waals surface area contributed by atoms with Crippen LogP contribution in [-0.2, 0) is 30.2 Å². The first-order valence-corrected chi connectivity index (χ1v) is 16.6. The van der Waals surface area contributed by atoms with Crippen molar-refractivity contribution in [1.82, 2.24) is 9.97 Å². The third-order valence-corrected chi connectivity index (χ3v) is 8.43. The summed E-state index contributed by atoms with van der Waals surface area (Å²) in [5, 5.41) is 20.5. The Kier molecular flexibility index (Phi) is 12.7. The van der Waals surface area contributed by atoms with Crippen LogP contribution >= 0.6 is 0 Å². The van der Waals surface area contributed by atoms with Gasteiger partial charge in [-0.1, -0.05) is 33.8 Å². The first-order valence-electron chi connectivity index (χ1n) is 16.6. The Morgan fingerprint density at radius 1 is 0.792 bits per heavy atom. The van der Waals surface area contributed by atoms with E-state index in [1.165, 1.54) is 31.5 Å². The van der Waals surface area contributed by atoms with Gasteiger partial charge in [0, 0.05) is 25.1 Å².